The Bertz CT molecular complexity index is 444. The van der Waals surface area contributed by atoms with Crippen LogP contribution in [0.1, 0.15) is 23.7 Å². The molecule has 2 N–H and O–H groups in total. The largest absolute Gasteiger partial charge is 0.345 e. The van der Waals surface area contributed by atoms with Crippen molar-refractivity contribution in [3.05, 3.63) is 34.1 Å². The molecule has 17 heavy (non-hydrogen) atoms. The summed E-state index contributed by atoms with van der Waals surface area (Å²) < 4.78 is 14.0. The third-order valence-corrected chi connectivity index (χ3v) is 3.59. The number of hydrogen-bond donors (Lipinski definition) is 2. The Kier molecular flexibility index (Phi) is 3.49. The lowest BCUT2D eigenvalue weighted by molar-refractivity contribution is 0.0909. The first-order chi connectivity index (χ1) is 8.02. The number of rotatable bonds is 2. The fourth-order valence-electron chi connectivity index (χ4n) is 1.94. The fraction of sp³-hybridized carbons (Fsp3) is 0.417. The zero-order chi connectivity index (χ0) is 12.5. The maximum atomic E-state index is 13.7. The van der Waals surface area contributed by atoms with E-state index < -0.39 is 5.82 Å². The number of halogens is 2. The van der Waals surface area contributed by atoms with Crippen molar-refractivity contribution in [3.8, 4) is 0 Å². The smallest absolute Gasteiger partial charge is 0.254 e. The topological polar surface area (TPSA) is 41.1 Å². The molecule has 1 unspecified atom stereocenters. The molecule has 0 radical (unpaired) electrons. The highest BCUT2D eigenvalue weighted by Gasteiger charge is 2.31. The normalized spacial score (nSPS) is 23.7. The summed E-state index contributed by atoms with van der Waals surface area (Å²) in [5.41, 5.74) is -0.209. The van der Waals surface area contributed by atoms with Gasteiger partial charge in [-0.2, -0.15) is 0 Å². The Morgan fingerprint density at radius 2 is 2.35 bits per heavy atom. The lowest BCUT2D eigenvalue weighted by atomic mass is 10.0. The van der Waals surface area contributed by atoms with Gasteiger partial charge in [0.2, 0.25) is 0 Å². The van der Waals surface area contributed by atoms with Gasteiger partial charge in [0, 0.05) is 6.54 Å². The Hall–Kier alpha value is -0.940. The van der Waals surface area contributed by atoms with Crippen LogP contribution in [0, 0.1) is 5.82 Å². The van der Waals surface area contributed by atoms with Gasteiger partial charge in [0.1, 0.15) is 5.82 Å². The van der Waals surface area contributed by atoms with Crippen molar-refractivity contribution in [3.63, 3.8) is 0 Å². The first-order valence-electron chi connectivity index (χ1n) is 5.49. The van der Waals surface area contributed by atoms with E-state index >= 15 is 0 Å². The van der Waals surface area contributed by atoms with E-state index in [1.165, 1.54) is 6.07 Å². The number of carbonyl (C=O) groups is 1. The van der Waals surface area contributed by atoms with E-state index in [0.717, 1.165) is 13.0 Å². The monoisotopic (exact) mass is 300 g/mol. The highest BCUT2D eigenvalue weighted by molar-refractivity contribution is 9.10. The van der Waals surface area contributed by atoms with Crippen LogP contribution in [0.5, 0.6) is 0 Å². The summed E-state index contributed by atoms with van der Waals surface area (Å²) in [5.74, 6) is -0.880. The van der Waals surface area contributed by atoms with Crippen molar-refractivity contribution in [2.45, 2.75) is 18.9 Å². The second kappa shape index (κ2) is 4.74. The Balaban J connectivity index is 2.17. The van der Waals surface area contributed by atoms with E-state index in [4.69, 9.17) is 0 Å². The van der Waals surface area contributed by atoms with Gasteiger partial charge in [-0.15, -0.1) is 0 Å². The van der Waals surface area contributed by atoms with Crippen molar-refractivity contribution in [2.24, 2.45) is 0 Å². The summed E-state index contributed by atoms with van der Waals surface area (Å²) in [6.45, 7) is 3.55. The molecule has 0 aromatic heterocycles. The van der Waals surface area contributed by atoms with E-state index in [-0.39, 0.29) is 17.0 Å². The van der Waals surface area contributed by atoms with Crippen LogP contribution in [0.15, 0.2) is 22.7 Å². The minimum absolute atomic E-state index is 0.0764. The maximum Gasteiger partial charge on any atom is 0.254 e. The fourth-order valence-corrected chi connectivity index (χ4v) is 2.31. The first-order valence-corrected chi connectivity index (χ1v) is 6.28. The van der Waals surface area contributed by atoms with Crippen LogP contribution in [0.4, 0.5) is 4.39 Å². The lowest BCUT2D eigenvalue weighted by Gasteiger charge is -2.24. The van der Waals surface area contributed by atoms with Crippen LogP contribution >= 0.6 is 15.9 Å². The Labute approximate surface area is 108 Å². The zero-order valence-electron chi connectivity index (χ0n) is 9.52. The molecule has 5 heteroatoms. The third kappa shape index (κ3) is 2.66. The van der Waals surface area contributed by atoms with Crippen molar-refractivity contribution in [1.82, 2.24) is 10.6 Å². The standard InChI is InChI=1S/C12H14BrFN2O/c1-12(5-6-15-7-12)16-11(17)8-3-2-4-9(13)10(8)14/h2-4,15H,5-7H2,1H3,(H,16,17). The van der Waals surface area contributed by atoms with Crippen molar-refractivity contribution < 1.29 is 9.18 Å². The molecule has 1 aromatic rings. The SMILES string of the molecule is CC1(NC(=O)c2cccc(Br)c2F)CCNC1. The molecule has 3 nitrogen and oxygen atoms in total. The Morgan fingerprint density at radius 1 is 1.59 bits per heavy atom. The summed E-state index contributed by atoms with van der Waals surface area (Å²) >= 11 is 3.07. The van der Waals surface area contributed by atoms with Gasteiger partial charge in [0.15, 0.2) is 0 Å². The van der Waals surface area contributed by atoms with E-state index in [1.807, 2.05) is 6.92 Å². The van der Waals surface area contributed by atoms with Gasteiger partial charge in [-0.3, -0.25) is 4.79 Å². The quantitative estimate of drug-likeness (QED) is 0.878. The first kappa shape index (κ1) is 12.5. The average Bonchev–Trinajstić information content (AvgIpc) is 2.68. The molecule has 1 aliphatic rings. The molecule has 0 aliphatic carbocycles. The molecule has 1 amide bonds. The molecule has 2 rings (SSSR count). The predicted molar refractivity (Wildman–Crippen MR) is 67.5 cm³/mol. The highest BCUT2D eigenvalue weighted by atomic mass is 79.9. The Morgan fingerprint density at radius 3 is 3.00 bits per heavy atom. The van der Waals surface area contributed by atoms with Crippen LogP contribution in [-0.4, -0.2) is 24.5 Å². The zero-order valence-corrected chi connectivity index (χ0v) is 11.1. The average molecular weight is 301 g/mol. The minimum atomic E-state index is -0.514. The van der Waals surface area contributed by atoms with Crippen molar-refractivity contribution in [2.75, 3.05) is 13.1 Å². The van der Waals surface area contributed by atoms with Crippen molar-refractivity contribution >= 4 is 21.8 Å². The number of hydrogen-bond acceptors (Lipinski definition) is 2. The molecule has 92 valence electrons. The molecule has 0 bridgehead atoms. The van der Waals surface area contributed by atoms with E-state index in [9.17, 15) is 9.18 Å². The third-order valence-electron chi connectivity index (χ3n) is 2.98. The molecule has 1 heterocycles. The second-order valence-corrected chi connectivity index (χ2v) is 5.40. The van der Waals surface area contributed by atoms with Gasteiger partial charge in [-0.25, -0.2) is 4.39 Å². The van der Waals surface area contributed by atoms with Crippen LogP contribution in [0.2, 0.25) is 0 Å². The molecule has 1 saturated heterocycles. The molecule has 0 spiro atoms. The van der Waals surface area contributed by atoms with E-state index in [0.29, 0.717) is 11.0 Å². The summed E-state index contributed by atoms with van der Waals surface area (Å²) in [4.78, 5) is 12.0. The van der Waals surface area contributed by atoms with Crippen LogP contribution in [-0.2, 0) is 0 Å². The van der Waals surface area contributed by atoms with Gasteiger partial charge in [0.25, 0.3) is 5.91 Å². The van der Waals surface area contributed by atoms with Gasteiger partial charge in [-0.05, 0) is 48.0 Å². The van der Waals surface area contributed by atoms with E-state index in [1.54, 1.807) is 12.1 Å². The molecule has 1 aromatic carbocycles. The molecule has 1 aliphatic heterocycles. The van der Waals surface area contributed by atoms with Crippen LogP contribution < -0.4 is 10.6 Å². The summed E-state index contributed by atoms with van der Waals surface area (Å²) in [6, 6.07) is 4.71. The minimum Gasteiger partial charge on any atom is -0.345 e. The predicted octanol–water partition coefficient (Wildman–Crippen LogP) is 2.07. The summed E-state index contributed by atoms with van der Waals surface area (Å²) in [5, 5.41) is 6.06. The van der Waals surface area contributed by atoms with Gasteiger partial charge in [-0.1, -0.05) is 6.07 Å². The number of nitrogens with one attached hydrogen (secondary N) is 2. The van der Waals surface area contributed by atoms with Crippen molar-refractivity contribution in [1.29, 1.82) is 0 Å². The second-order valence-electron chi connectivity index (χ2n) is 4.54. The van der Waals surface area contributed by atoms with Crippen LogP contribution in [0.25, 0.3) is 0 Å². The number of carbonyl (C=O) groups excluding carboxylic acids is 1. The summed E-state index contributed by atoms with van der Waals surface area (Å²) in [6.07, 6.45) is 0.856. The van der Waals surface area contributed by atoms with Crippen LogP contribution in [0.3, 0.4) is 0 Å². The van der Waals surface area contributed by atoms with E-state index in [2.05, 4.69) is 26.6 Å². The van der Waals surface area contributed by atoms with Gasteiger partial charge < -0.3 is 10.6 Å². The molecule has 1 atom stereocenters. The maximum absolute atomic E-state index is 13.7. The lowest BCUT2D eigenvalue weighted by Crippen LogP contribution is -2.47. The molecular formula is C12H14BrFN2O. The van der Waals surface area contributed by atoms with Gasteiger partial charge >= 0.3 is 0 Å². The molecule has 1 fully saturated rings. The van der Waals surface area contributed by atoms with Gasteiger partial charge in [0.05, 0.1) is 15.6 Å². The molecule has 0 saturated carbocycles. The number of benzene rings is 1. The summed E-state index contributed by atoms with van der Waals surface area (Å²) in [7, 11) is 0. The highest BCUT2D eigenvalue weighted by Crippen LogP contribution is 2.20. The molecular weight excluding hydrogens is 287 g/mol. The number of amides is 1.